The predicted octanol–water partition coefficient (Wildman–Crippen LogP) is 2.33. The molecular formula is C15H19N3O2. The summed E-state index contributed by atoms with van der Waals surface area (Å²) >= 11 is 0. The molecule has 1 heterocycles. The van der Waals surface area contributed by atoms with Crippen LogP contribution in [0.5, 0.6) is 0 Å². The molecule has 1 N–H and O–H groups in total. The molecule has 0 aliphatic rings. The Morgan fingerprint density at radius 2 is 1.95 bits per heavy atom. The largest absolute Gasteiger partial charge is 0.477 e. The van der Waals surface area contributed by atoms with E-state index in [1.54, 1.807) is 6.20 Å². The first-order chi connectivity index (χ1) is 9.52. The third-order valence-electron chi connectivity index (χ3n) is 3.11. The number of rotatable bonds is 5. The first-order valence-electron chi connectivity index (χ1n) is 6.56. The fourth-order valence-corrected chi connectivity index (χ4v) is 2.22. The fraction of sp³-hybridized carbons (Fsp3) is 0.333. The van der Waals surface area contributed by atoms with Crippen LogP contribution in [-0.4, -0.2) is 39.9 Å². The smallest absolute Gasteiger partial charge is 0.354 e. The van der Waals surface area contributed by atoms with Gasteiger partial charge in [-0.25, -0.2) is 4.79 Å². The molecule has 0 amide bonds. The highest BCUT2D eigenvalue weighted by atomic mass is 16.4. The zero-order valence-corrected chi connectivity index (χ0v) is 12.0. The highest BCUT2D eigenvalue weighted by molar-refractivity contribution is 5.94. The van der Waals surface area contributed by atoms with Crippen LogP contribution in [0.4, 0.5) is 0 Å². The van der Waals surface area contributed by atoms with Gasteiger partial charge < -0.3 is 10.0 Å². The standard InChI is InChI=1S/C15H19N3O2/c1-4-18-14(15(19)20)13(9-16-18)12-7-5-11(6-8-12)10-17(2)3/h5-9H,4,10H2,1-3H3,(H,19,20). The number of benzene rings is 1. The summed E-state index contributed by atoms with van der Waals surface area (Å²) < 4.78 is 1.51. The summed E-state index contributed by atoms with van der Waals surface area (Å²) in [5.74, 6) is -0.947. The second-order valence-electron chi connectivity index (χ2n) is 4.96. The van der Waals surface area contributed by atoms with Gasteiger partial charge in [0.05, 0.1) is 6.20 Å². The van der Waals surface area contributed by atoms with Crippen molar-refractivity contribution in [1.82, 2.24) is 14.7 Å². The van der Waals surface area contributed by atoms with E-state index in [0.29, 0.717) is 12.1 Å². The molecule has 0 bridgehead atoms. The minimum absolute atomic E-state index is 0.243. The number of hydrogen-bond donors (Lipinski definition) is 1. The van der Waals surface area contributed by atoms with Gasteiger partial charge in [0.25, 0.3) is 0 Å². The molecule has 0 radical (unpaired) electrons. The number of carboxylic acids is 1. The van der Waals surface area contributed by atoms with E-state index in [9.17, 15) is 9.90 Å². The van der Waals surface area contributed by atoms with Gasteiger partial charge in [-0.2, -0.15) is 5.10 Å². The molecule has 106 valence electrons. The monoisotopic (exact) mass is 273 g/mol. The van der Waals surface area contributed by atoms with Crippen molar-refractivity contribution < 1.29 is 9.90 Å². The number of hydrogen-bond acceptors (Lipinski definition) is 3. The third-order valence-corrected chi connectivity index (χ3v) is 3.11. The first-order valence-corrected chi connectivity index (χ1v) is 6.56. The van der Waals surface area contributed by atoms with Crippen LogP contribution in [0.15, 0.2) is 30.5 Å². The molecule has 0 unspecified atom stereocenters. The molecule has 1 aromatic heterocycles. The van der Waals surface area contributed by atoms with Crippen LogP contribution < -0.4 is 0 Å². The Hall–Kier alpha value is -2.14. The van der Waals surface area contributed by atoms with E-state index in [1.807, 2.05) is 45.3 Å². The van der Waals surface area contributed by atoms with Crippen LogP contribution in [0, 0.1) is 0 Å². The molecule has 0 atom stereocenters. The highest BCUT2D eigenvalue weighted by Gasteiger charge is 2.18. The maximum absolute atomic E-state index is 11.4. The van der Waals surface area contributed by atoms with Crippen molar-refractivity contribution in [2.24, 2.45) is 0 Å². The van der Waals surface area contributed by atoms with Crippen LogP contribution in [0.3, 0.4) is 0 Å². The normalized spacial score (nSPS) is 11.0. The average molecular weight is 273 g/mol. The Labute approximate surface area is 118 Å². The lowest BCUT2D eigenvalue weighted by Gasteiger charge is -2.10. The van der Waals surface area contributed by atoms with Gasteiger partial charge in [0.15, 0.2) is 5.69 Å². The summed E-state index contributed by atoms with van der Waals surface area (Å²) in [5, 5.41) is 13.5. The summed E-state index contributed by atoms with van der Waals surface area (Å²) in [7, 11) is 4.03. The number of aromatic nitrogens is 2. The van der Waals surface area contributed by atoms with E-state index < -0.39 is 5.97 Å². The van der Waals surface area contributed by atoms with Gasteiger partial charge in [0.2, 0.25) is 0 Å². The van der Waals surface area contributed by atoms with Gasteiger partial charge in [-0.15, -0.1) is 0 Å². The molecule has 5 nitrogen and oxygen atoms in total. The molecule has 5 heteroatoms. The summed E-state index contributed by atoms with van der Waals surface area (Å²) in [5.41, 5.74) is 2.98. The number of carbonyl (C=O) groups is 1. The maximum atomic E-state index is 11.4. The number of nitrogens with zero attached hydrogens (tertiary/aromatic N) is 3. The quantitative estimate of drug-likeness (QED) is 0.908. The van der Waals surface area contributed by atoms with Gasteiger partial charge in [-0.3, -0.25) is 4.68 Å². The summed E-state index contributed by atoms with van der Waals surface area (Å²) in [6.45, 7) is 3.28. The van der Waals surface area contributed by atoms with Gasteiger partial charge in [-0.1, -0.05) is 24.3 Å². The first kappa shape index (κ1) is 14.3. The van der Waals surface area contributed by atoms with Gasteiger partial charge in [0.1, 0.15) is 0 Å². The molecule has 20 heavy (non-hydrogen) atoms. The summed E-state index contributed by atoms with van der Waals surface area (Å²) in [6.07, 6.45) is 1.62. The van der Waals surface area contributed by atoms with Crippen LogP contribution in [0.1, 0.15) is 23.0 Å². The van der Waals surface area contributed by atoms with E-state index in [-0.39, 0.29) is 5.69 Å². The van der Waals surface area contributed by atoms with E-state index >= 15 is 0 Å². The lowest BCUT2D eigenvalue weighted by molar-refractivity contribution is 0.0684. The summed E-state index contributed by atoms with van der Waals surface area (Å²) in [4.78, 5) is 13.5. The lowest BCUT2D eigenvalue weighted by atomic mass is 10.0. The minimum atomic E-state index is -0.947. The third kappa shape index (κ3) is 2.88. The van der Waals surface area contributed by atoms with E-state index in [1.165, 1.54) is 10.2 Å². The Balaban J connectivity index is 2.37. The van der Waals surface area contributed by atoms with Crippen LogP contribution in [0.25, 0.3) is 11.1 Å². The van der Waals surface area contributed by atoms with Crippen molar-refractivity contribution in [3.05, 3.63) is 41.7 Å². The van der Waals surface area contributed by atoms with Gasteiger partial charge in [0, 0.05) is 18.7 Å². The molecular weight excluding hydrogens is 254 g/mol. The Kier molecular flexibility index (Phi) is 4.20. The predicted molar refractivity (Wildman–Crippen MR) is 77.7 cm³/mol. The Morgan fingerprint density at radius 3 is 2.45 bits per heavy atom. The van der Waals surface area contributed by atoms with Crippen molar-refractivity contribution >= 4 is 5.97 Å². The van der Waals surface area contributed by atoms with E-state index in [0.717, 1.165) is 12.1 Å². The molecule has 0 aliphatic carbocycles. The molecule has 2 aromatic rings. The van der Waals surface area contributed by atoms with Crippen LogP contribution >= 0.6 is 0 Å². The van der Waals surface area contributed by atoms with Gasteiger partial charge >= 0.3 is 5.97 Å². The van der Waals surface area contributed by atoms with Gasteiger partial charge in [-0.05, 0) is 32.1 Å². The van der Waals surface area contributed by atoms with Crippen molar-refractivity contribution in [2.75, 3.05) is 14.1 Å². The maximum Gasteiger partial charge on any atom is 0.354 e. The van der Waals surface area contributed by atoms with Crippen molar-refractivity contribution in [2.45, 2.75) is 20.0 Å². The van der Waals surface area contributed by atoms with Crippen molar-refractivity contribution in [3.8, 4) is 11.1 Å². The minimum Gasteiger partial charge on any atom is -0.477 e. The number of aromatic carboxylic acids is 1. The zero-order chi connectivity index (χ0) is 14.7. The molecule has 1 aromatic carbocycles. The summed E-state index contributed by atoms with van der Waals surface area (Å²) in [6, 6.07) is 7.93. The molecule has 0 fully saturated rings. The topological polar surface area (TPSA) is 58.4 Å². The Morgan fingerprint density at radius 1 is 1.30 bits per heavy atom. The fourth-order valence-electron chi connectivity index (χ4n) is 2.22. The molecule has 2 rings (SSSR count). The molecule has 0 spiro atoms. The zero-order valence-electron chi connectivity index (χ0n) is 12.0. The SMILES string of the molecule is CCn1ncc(-c2ccc(CN(C)C)cc2)c1C(=O)O. The molecule has 0 saturated heterocycles. The van der Waals surface area contributed by atoms with Crippen LogP contribution in [0.2, 0.25) is 0 Å². The highest BCUT2D eigenvalue weighted by Crippen LogP contribution is 2.24. The van der Waals surface area contributed by atoms with E-state index in [2.05, 4.69) is 10.00 Å². The van der Waals surface area contributed by atoms with Crippen LogP contribution in [-0.2, 0) is 13.1 Å². The number of aryl methyl sites for hydroxylation is 1. The Bertz CT molecular complexity index is 600. The van der Waals surface area contributed by atoms with E-state index in [4.69, 9.17) is 0 Å². The second kappa shape index (κ2) is 5.88. The molecule has 0 saturated carbocycles. The van der Waals surface area contributed by atoms with Crippen molar-refractivity contribution in [3.63, 3.8) is 0 Å². The molecule has 0 aliphatic heterocycles. The lowest BCUT2D eigenvalue weighted by Crippen LogP contribution is -2.10. The average Bonchev–Trinajstić information content (AvgIpc) is 2.82. The second-order valence-corrected chi connectivity index (χ2v) is 4.96. The van der Waals surface area contributed by atoms with Crippen molar-refractivity contribution in [1.29, 1.82) is 0 Å². The number of carboxylic acid groups (broad SMARTS) is 1.